The summed E-state index contributed by atoms with van der Waals surface area (Å²) in [6.07, 6.45) is 2.10. The van der Waals surface area contributed by atoms with Gasteiger partial charge in [-0.05, 0) is 37.1 Å². The summed E-state index contributed by atoms with van der Waals surface area (Å²) in [4.78, 5) is 25.3. The van der Waals surface area contributed by atoms with Gasteiger partial charge in [0.25, 0.3) is 0 Å². The lowest BCUT2D eigenvalue weighted by Gasteiger charge is -2.33. The number of carbonyl (C=O) groups excluding carboxylic acids is 2. The van der Waals surface area contributed by atoms with Gasteiger partial charge in [-0.3, -0.25) is 9.59 Å². The van der Waals surface area contributed by atoms with Crippen molar-refractivity contribution in [1.82, 2.24) is 5.32 Å². The van der Waals surface area contributed by atoms with E-state index in [2.05, 4.69) is 10.2 Å². The molecule has 28 heavy (non-hydrogen) atoms. The Morgan fingerprint density at radius 2 is 1.79 bits per heavy atom. The molecular formula is C21H22F2N2O3. The maximum Gasteiger partial charge on any atom is 0.223 e. The number of carbonyl (C=O) groups is 2. The van der Waals surface area contributed by atoms with Crippen LogP contribution in [0.2, 0.25) is 0 Å². The molecule has 5 nitrogen and oxygen atoms in total. The molecule has 7 heteroatoms. The minimum atomic E-state index is -0.745. The highest BCUT2D eigenvalue weighted by Gasteiger charge is 2.25. The van der Waals surface area contributed by atoms with Gasteiger partial charge in [0.2, 0.25) is 5.91 Å². The van der Waals surface area contributed by atoms with Gasteiger partial charge in [0, 0.05) is 54.5 Å². The average molecular weight is 388 g/mol. The largest absolute Gasteiger partial charge is 0.497 e. The number of methoxy groups -OCH3 is 1. The Balaban J connectivity index is 1.53. The summed E-state index contributed by atoms with van der Waals surface area (Å²) < 4.78 is 32.8. The minimum absolute atomic E-state index is 0.0959. The third-order valence-electron chi connectivity index (χ3n) is 5.05. The predicted molar refractivity (Wildman–Crippen MR) is 102 cm³/mol. The topological polar surface area (TPSA) is 58.6 Å². The number of hydrogen-bond acceptors (Lipinski definition) is 4. The van der Waals surface area contributed by atoms with Crippen LogP contribution in [0.3, 0.4) is 0 Å². The van der Waals surface area contributed by atoms with E-state index in [1.807, 2.05) is 12.1 Å². The number of nitrogens with one attached hydrogen (secondary N) is 1. The molecule has 0 bridgehead atoms. The first-order valence-corrected chi connectivity index (χ1v) is 9.11. The molecule has 0 saturated carbocycles. The van der Waals surface area contributed by atoms with Crippen molar-refractivity contribution < 1.29 is 23.1 Å². The van der Waals surface area contributed by atoms with Crippen LogP contribution < -0.4 is 15.0 Å². The second kappa shape index (κ2) is 8.82. The SMILES string of the molecule is COc1cc(F)c(CNC(=O)C2CCN(c3ccc(C=O)cc3)CC2)c(F)c1. The summed E-state index contributed by atoms with van der Waals surface area (Å²) in [6, 6.07) is 9.49. The smallest absolute Gasteiger partial charge is 0.223 e. The molecule has 1 saturated heterocycles. The summed E-state index contributed by atoms with van der Waals surface area (Å²) in [5, 5.41) is 2.64. The molecule has 0 spiro atoms. The van der Waals surface area contributed by atoms with Crippen LogP contribution in [-0.4, -0.2) is 32.4 Å². The van der Waals surface area contributed by atoms with Crippen LogP contribution in [-0.2, 0) is 11.3 Å². The molecule has 0 aliphatic carbocycles. The number of nitrogens with zero attached hydrogens (tertiary/aromatic N) is 1. The number of ether oxygens (including phenoxy) is 1. The summed E-state index contributed by atoms with van der Waals surface area (Å²) in [5.74, 6) is -1.80. The van der Waals surface area contributed by atoms with Crippen molar-refractivity contribution in [3.8, 4) is 5.75 Å². The predicted octanol–water partition coefficient (Wildman–Crippen LogP) is 3.32. The lowest BCUT2D eigenvalue weighted by molar-refractivity contribution is -0.125. The van der Waals surface area contributed by atoms with Crippen molar-refractivity contribution in [3.05, 3.63) is 59.2 Å². The van der Waals surface area contributed by atoms with Crippen LogP contribution in [0.4, 0.5) is 14.5 Å². The van der Waals surface area contributed by atoms with Crippen LogP contribution >= 0.6 is 0 Å². The molecule has 2 aromatic rings. The quantitative estimate of drug-likeness (QED) is 0.772. The third-order valence-corrected chi connectivity index (χ3v) is 5.05. The molecule has 0 atom stereocenters. The van der Waals surface area contributed by atoms with Gasteiger partial charge in [-0.2, -0.15) is 0 Å². The van der Waals surface area contributed by atoms with Gasteiger partial charge in [0.15, 0.2) is 0 Å². The first-order chi connectivity index (χ1) is 13.5. The molecule has 1 aliphatic rings. The minimum Gasteiger partial charge on any atom is -0.497 e. The summed E-state index contributed by atoms with van der Waals surface area (Å²) in [7, 11) is 1.33. The number of aldehydes is 1. The Morgan fingerprint density at radius 1 is 1.18 bits per heavy atom. The van der Waals surface area contributed by atoms with Gasteiger partial charge >= 0.3 is 0 Å². The van der Waals surface area contributed by atoms with Crippen LogP contribution in [0.15, 0.2) is 36.4 Å². The number of amides is 1. The van der Waals surface area contributed by atoms with Gasteiger partial charge < -0.3 is 15.0 Å². The van der Waals surface area contributed by atoms with Gasteiger partial charge in [-0.15, -0.1) is 0 Å². The van der Waals surface area contributed by atoms with Gasteiger partial charge in [0.1, 0.15) is 23.7 Å². The highest BCUT2D eigenvalue weighted by molar-refractivity contribution is 5.79. The van der Waals surface area contributed by atoms with Crippen molar-refractivity contribution in [3.63, 3.8) is 0 Å². The van der Waals surface area contributed by atoms with E-state index in [9.17, 15) is 18.4 Å². The number of piperidine rings is 1. The summed E-state index contributed by atoms with van der Waals surface area (Å²) in [5.41, 5.74) is 1.45. The number of anilines is 1. The van der Waals surface area contributed by atoms with E-state index in [1.165, 1.54) is 7.11 Å². The molecule has 3 rings (SSSR count). The second-order valence-corrected chi connectivity index (χ2v) is 6.76. The van der Waals surface area contributed by atoms with E-state index in [-0.39, 0.29) is 29.7 Å². The lowest BCUT2D eigenvalue weighted by atomic mass is 9.95. The van der Waals surface area contributed by atoms with E-state index in [1.54, 1.807) is 12.1 Å². The molecule has 0 radical (unpaired) electrons. The maximum absolute atomic E-state index is 14.0. The molecular weight excluding hydrogens is 366 g/mol. The zero-order valence-corrected chi connectivity index (χ0v) is 15.6. The van der Waals surface area contributed by atoms with Crippen molar-refractivity contribution in [2.24, 2.45) is 5.92 Å². The van der Waals surface area contributed by atoms with Gasteiger partial charge in [-0.25, -0.2) is 8.78 Å². The van der Waals surface area contributed by atoms with Crippen LogP contribution in [0.1, 0.15) is 28.8 Å². The van der Waals surface area contributed by atoms with Crippen LogP contribution in [0.25, 0.3) is 0 Å². The maximum atomic E-state index is 14.0. The monoisotopic (exact) mass is 388 g/mol. The summed E-state index contributed by atoms with van der Waals surface area (Å²) in [6.45, 7) is 1.20. The molecule has 148 valence electrons. The standard InChI is InChI=1S/C21H22F2N2O3/c1-28-17-10-19(22)18(20(23)11-17)12-24-21(27)15-6-8-25(9-7-15)16-4-2-14(13-26)3-5-16/h2-5,10-11,13,15H,6-9,12H2,1H3,(H,24,27). The molecule has 1 fully saturated rings. The molecule has 1 aliphatic heterocycles. The highest BCUT2D eigenvalue weighted by atomic mass is 19.1. The van der Waals surface area contributed by atoms with E-state index < -0.39 is 11.6 Å². The first kappa shape index (κ1) is 19.8. The van der Waals surface area contributed by atoms with E-state index in [4.69, 9.17) is 4.74 Å². The molecule has 2 aromatic carbocycles. The fraction of sp³-hybridized carbons (Fsp3) is 0.333. The Morgan fingerprint density at radius 3 is 2.32 bits per heavy atom. The Labute approximate surface area is 162 Å². The molecule has 0 unspecified atom stereocenters. The second-order valence-electron chi connectivity index (χ2n) is 6.76. The Kier molecular flexibility index (Phi) is 6.23. The van der Waals surface area contributed by atoms with Crippen molar-refractivity contribution >= 4 is 17.9 Å². The van der Waals surface area contributed by atoms with Crippen molar-refractivity contribution in [1.29, 1.82) is 0 Å². The zero-order valence-electron chi connectivity index (χ0n) is 15.6. The molecule has 1 amide bonds. The van der Waals surface area contributed by atoms with Crippen LogP contribution in [0, 0.1) is 17.6 Å². The average Bonchev–Trinajstić information content (AvgIpc) is 2.73. The number of hydrogen-bond donors (Lipinski definition) is 1. The Hall–Kier alpha value is -2.96. The number of benzene rings is 2. The van der Waals surface area contributed by atoms with Crippen molar-refractivity contribution in [2.75, 3.05) is 25.1 Å². The van der Waals surface area contributed by atoms with Gasteiger partial charge in [0.05, 0.1) is 7.11 Å². The van der Waals surface area contributed by atoms with E-state index >= 15 is 0 Å². The normalized spacial score (nSPS) is 14.6. The van der Waals surface area contributed by atoms with E-state index in [0.717, 1.165) is 24.1 Å². The van der Waals surface area contributed by atoms with Gasteiger partial charge in [-0.1, -0.05) is 0 Å². The highest BCUT2D eigenvalue weighted by Crippen LogP contribution is 2.24. The first-order valence-electron chi connectivity index (χ1n) is 9.11. The number of halogens is 2. The van der Waals surface area contributed by atoms with Crippen LogP contribution in [0.5, 0.6) is 5.75 Å². The number of rotatable bonds is 6. The zero-order chi connectivity index (χ0) is 20.1. The molecule has 1 heterocycles. The molecule has 1 N–H and O–H groups in total. The van der Waals surface area contributed by atoms with E-state index in [0.29, 0.717) is 31.5 Å². The Bertz CT molecular complexity index is 824. The fourth-order valence-corrected chi connectivity index (χ4v) is 3.35. The lowest BCUT2D eigenvalue weighted by Crippen LogP contribution is -2.40. The fourth-order valence-electron chi connectivity index (χ4n) is 3.35. The van der Waals surface area contributed by atoms with Crippen molar-refractivity contribution in [2.45, 2.75) is 19.4 Å². The summed E-state index contributed by atoms with van der Waals surface area (Å²) >= 11 is 0. The third kappa shape index (κ3) is 4.47. The molecule has 0 aromatic heterocycles.